The summed E-state index contributed by atoms with van der Waals surface area (Å²) < 4.78 is 19.3. The Morgan fingerprint density at radius 3 is 0.705 bits per heavy atom. The quantitative estimate of drug-likeness (QED) is 0.0495. The molecule has 0 aliphatic carbocycles. The maximum atomic E-state index is 11.5. The number of carbonyl (C=O) groups is 3. The zero-order valence-corrected chi connectivity index (χ0v) is 46.9. The van der Waals surface area contributed by atoms with E-state index in [-0.39, 0.29) is 0 Å². The first-order valence-corrected chi connectivity index (χ1v) is 27.5. The number of hydrogen-bond acceptors (Lipinski definition) is 15. The van der Waals surface area contributed by atoms with Gasteiger partial charge in [0, 0.05) is 57.0 Å². The minimum atomic E-state index is -1.36. The molecule has 0 fully saturated rings. The molecule has 0 aromatic rings. The molecular weight excluding hydrogens is 1050 g/mol. The Morgan fingerprint density at radius 1 is 0.393 bits per heavy atom. The first kappa shape index (κ1) is 69.6. The molecule has 0 aromatic heterocycles. The van der Waals surface area contributed by atoms with E-state index in [0.29, 0.717) is 58.3 Å². The zero-order chi connectivity index (χ0) is 48.2. The Bertz CT molecular complexity index is 988. The van der Waals surface area contributed by atoms with Crippen LogP contribution in [0.15, 0.2) is 0 Å². The third kappa shape index (κ3) is 40.8. The molecule has 0 saturated carbocycles. The Hall–Kier alpha value is -0.443. The summed E-state index contributed by atoms with van der Waals surface area (Å²) in [5, 5.41) is 64.8. The summed E-state index contributed by atoms with van der Waals surface area (Å²) in [6.45, 7) is 17.4. The second-order valence-electron chi connectivity index (χ2n) is 14.6. The molecule has 17 heteroatoms. The van der Waals surface area contributed by atoms with E-state index in [1.165, 1.54) is 34.6 Å². The van der Waals surface area contributed by atoms with Crippen molar-refractivity contribution in [3.63, 3.8) is 0 Å². The van der Waals surface area contributed by atoms with Crippen LogP contribution in [-0.4, -0.2) is 115 Å². The van der Waals surface area contributed by atoms with Crippen LogP contribution in [0.2, 0.25) is 8.87 Å². The van der Waals surface area contributed by atoms with E-state index in [9.17, 15) is 45.0 Å². The van der Waals surface area contributed by atoms with Crippen molar-refractivity contribution >= 4 is 115 Å². The van der Waals surface area contributed by atoms with Crippen LogP contribution in [0, 0.1) is 0 Å². The van der Waals surface area contributed by atoms with Crippen LogP contribution in [-0.2, 0) is 28.6 Å². The molecule has 0 aromatic carbocycles. The third-order valence-corrected chi connectivity index (χ3v) is 12.0. The summed E-state index contributed by atoms with van der Waals surface area (Å²) in [7, 11) is 0. The van der Waals surface area contributed by atoms with Gasteiger partial charge in [-0.2, -0.15) is 0 Å². The van der Waals surface area contributed by atoms with Crippen LogP contribution in [0.5, 0.6) is 0 Å². The Balaban J connectivity index is -0.000000230. The first-order valence-electron chi connectivity index (χ1n) is 22.2. The fraction of sp³-hybridized carbons (Fsp3) is 0.864. The van der Waals surface area contributed by atoms with Crippen molar-refractivity contribution in [1.82, 2.24) is 0 Å². The van der Waals surface area contributed by atoms with Crippen LogP contribution in [0.3, 0.4) is 0 Å². The molecular formula is C44H78O12S3Sn2. The fourth-order valence-corrected chi connectivity index (χ4v) is 7.73. The molecule has 3 atom stereocenters. The van der Waals surface area contributed by atoms with Gasteiger partial charge in [0.15, 0.2) is 0 Å². The monoisotopic (exact) mass is 1130 g/mol. The van der Waals surface area contributed by atoms with Crippen LogP contribution in [0.4, 0.5) is 0 Å². The van der Waals surface area contributed by atoms with E-state index in [4.69, 9.17) is 14.2 Å². The first-order chi connectivity index (χ1) is 28.8. The Kier molecular flexibility index (Phi) is 54.2. The van der Waals surface area contributed by atoms with Crippen molar-refractivity contribution in [3.8, 4) is 0 Å². The second kappa shape index (κ2) is 47.5. The van der Waals surface area contributed by atoms with Gasteiger partial charge in [-0.3, -0.25) is 0 Å². The fourth-order valence-electron chi connectivity index (χ4n) is 5.01. The molecule has 3 unspecified atom stereocenters. The molecule has 0 bridgehead atoms. The molecule has 0 heterocycles. The van der Waals surface area contributed by atoms with Crippen molar-refractivity contribution in [2.75, 3.05) is 19.8 Å². The second-order valence-corrected chi connectivity index (χ2v) is 18.6. The number of carboxylic acid groups (broad SMARTS) is 3. The summed E-state index contributed by atoms with van der Waals surface area (Å²) in [6, 6.07) is 0. The number of carboxylic acids is 3. The third-order valence-electron chi connectivity index (χ3n) is 8.90. The number of hydrogen-bond donors (Lipinski definition) is 0. The van der Waals surface area contributed by atoms with Crippen molar-refractivity contribution in [2.24, 2.45) is 0 Å². The molecule has 12 nitrogen and oxygen atoms in total. The summed E-state index contributed by atoms with van der Waals surface area (Å²) >= 11 is 17.3. The summed E-state index contributed by atoms with van der Waals surface area (Å²) in [4.78, 5) is 32.2. The van der Waals surface area contributed by atoms with Crippen LogP contribution < -0.4 is 30.6 Å². The number of thiocarbonyl (C=S) groups is 3. The summed E-state index contributed by atoms with van der Waals surface area (Å²) in [5.41, 5.74) is -4.09. The van der Waals surface area contributed by atoms with Gasteiger partial charge in [0.2, 0.25) is 0 Å². The van der Waals surface area contributed by atoms with E-state index < -0.39 is 69.1 Å². The van der Waals surface area contributed by atoms with Gasteiger partial charge < -0.3 is 59.2 Å². The van der Waals surface area contributed by atoms with Gasteiger partial charge in [-0.25, -0.2) is 0 Å². The number of carbonyl (C=O) groups excluding carboxylic acids is 3. The normalized spacial score (nSPS) is 13.3. The van der Waals surface area contributed by atoms with Gasteiger partial charge in [-0.05, 0) is 53.7 Å². The molecule has 0 rings (SSSR count). The minimum absolute atomic E-state index is 0.351. The maximum absolute atomic E-state index is 11.5. The number of rotatable bonds is 34. The van der Waals surface area contributed by atoms with Crippen molar-refractivity contribution in [2.45, 2.75) is 222 Å². The molecule has 61 heavy (non-hydrogen) atoms. The molecule has 0 saturated heterocycles. The molecule has 0 radical (unpaired) electrons. The van der Waals surface area contributed by atoms with Gasteiger partial charge in [0.25, 0.3) is 0 Å². The van der Waals surface area contributed by atoms with E-state index in [1.807, 2.05) is 41.5 Å². The van der Waals surface area contributed by atoms with Gasteiger partial charge in [-0.15, -0.1) is 0 Å². The van der Waals surface area contributed by atoms with Crippen LogP contribution in [0.25, 0.3) is 0 Å². The molecule has 352 valence electrons. The topological polar surface area (TPSA) is 217 Å². The van der Waals surface area contributed by atoms with Crippen molar-refractivity contribution in [3.05, 3.63) is 0 Å². The van der Waals surface area contributed by atoms with E-state index >= 15 is 0 Å². The van der Waals surface area contributed by atoms with Crippen molar-refractivity contribution < 1.29 is 59.2 Å². The molecule has 0 spiro atoms. The van der Waals surface area contributed by atoms with Gasteiger partial charge in [0.05, 0.1) is 16.8 Å². The average Bonchev–Trinajstić information content (AvgIpc) is 3.19. The Labute approximate surface area is 413 Å². The average molecular weight is 1130 g/mol. The van der Waals surface area contributed by atoms with Crippen molar-refractivity contribution in [1.29, 1.82) is 0 Å². The standard InChI is InChI=1S/3C12H22O4S.2C4H9.2Sn/c3*1-3-5-7-12(11(15)17,9-10(13)14)16-8-6-4-2;2*1-3-4-2;;/h3*3-9H2,1-2H3,(H,13,14)(H,15,17);2*1,3-4H2,2H3;;/q;;;;;2*+3/p-6. The van der Waals surface area contributed by atoms with Crippen LogP contribution >= 0.6 is 36.7 Å². The summed E-state index contributed by atoms with van der Waals surface area (Å²) in [6.07, 6.45) is 15.1. The van der Waals surface area contributed by atoms with E-state index in [0.717, 1.165) is 57.8 Å². The predicted octanol–water partition coefficient (Wildman–Crippen LogP) is 4.43. The Morgan fingerprint density at radius 2 is 0.590 bits per heavy atom. The van der Waals surface area contributed by atoms with Crippen LogP contribution in [0.1, 0.15) is 197 Å². The molecule has 0 aliphatic rings. The molecule has 0 N–H and O–H groups in total. The molecule has 0 amide bonds. The van der Waals surface area contributed by atoms with E-state index in [1.54, 1.807) is 45.0 Å². The SMILES string of the molecule is CCCCOC(CCCC)(CC(=O)[O-])C([O-])=S.CCCCOC(CCCC)(CC(=O)[O-])C([O-])=S.CCCCOC(CCCC)(CC(=O)[O-])C([O-])=S.CCC[CH2][Sn+3].CCC[CH2][Sn+3]. The van der Waals surface area contributed by atoms with Gasteiger partial charge >= 0.3 is 93.5 Å². The van der Waals surface area contributed by atoms with Gasteiger partial charge in [0.1, 0.15) is 0 Å². The molecule has 0 aliphatic heterocycles. The number of aliphatic carboxylic acids is 3. The zero-order valence-electron chi connectivity index (χ0n) is 38.7. The van der Waals surface area contributed by atoms with E-state index in [2.05, 4.69) is 50.5 Å². The number of ether oxygens (including phenoxy) is 3. The number of unbranched alkanes of at least 4 members (excludes halogenated alkanes) is 8. The van der Waals surface area contributed by atoms with Gasteiger partial charge in [-0.1, -0.05) is 136 Å². The predicted molar refractivity (Wildman–Crippen MR) is 247 cm³/mol. The summed E-state index contributed by atoms with van der Waals surface area (Å²) in [5.74, 6) is -3.89.